The van der Waals surface area contributed by atoms with E-state index in [1.165, 1.54) is 17.0 Å². The molecular weight excluding hydrogens is 275 g/mol. The summed E-state index contributed by atoms with van der Waals surface area (Å²) in [6.07, 6.45) is 0.154. The number of benzene rings is 1. The van der Waals surface area contributed by atoms with Crippen molar-refractivity contribution in [2.24, 2.45) is 5.73 Å². The van der Waals surface area contributed by atoms with Gasteiger partial charge in [-0.05, 0) is 18.6 Å². The minimum atomic E-state index is -1.45. The topological polar surface area (TPSA) is 83.6 Å². The van der Waals surface area contributed by atoms with Gasteiger partial charge in [0, 0.05) is 13.1 Å². The number of likely N-dealkylation sites (tertiary alicyclic amines) is 1. The maximum atomic E-state index is 13.3. The molecule has 0 aromatic heterocycles. The highest BCUT2D eigenvalue weighted by molar-refractivity contribution is 6.34. The molecule has 2 rings (SSSR count). The third-order valence-corrected chi connectivity index (χ3v) is 3.58. The summed E-state index contributed by atoms with van der Waals surface area (Å²) in [6.45, 7) is 0.0858. The SMILES string of the molecule is NC1(C(=O)O)CCN(C(=O)c2cccc(F)c2Cl)C1. The molecule has 1 fully saturated rings. The molecule has 0 saturated carbocycles. The smallest absolute Gasteiger partial charge is 0.325 e. The third kappa shape index (κ3) is 2.41. The Bertz CT molecular complexity index is 552. The normalized spacial score (nSPS) is 22.6. The first-order valence-corrected chi connectivity index (χ1v) is 5.98. The Kier molecular flexibility index (Phi) is 3.47. The third-order valence-electron chi connectivity index (χ3n) is 3.20. The van der Waals surface area contributed by atoms with E-state index in [-0.39, 0.29) is 30.1 Å². The number of aliphatic carboxylic acids is 1. The van der Waals surface area contributed by atoms with Crippen molar-refractivity contribution in [2.45, 2.75) is 12.0 Å². The number of carboxylic acids is 1. The molecule has 1 aliphatic rings. The summed E-state index contributed by atoms with van der Waals surface area (Å²) < 4.78 is 13.3. The van der Waals surface area contributed by atoms with Crippen LogP contribution in [0.4, 0.5) is 4.39 Å². The van der Waals surface area contributed by atoms with E-state index in [0.717, 1.165) is 6.07 Å². The second kappa shape index (κ2) is 4.79. The Balaban J connectivity index is 2.23. The molecule has 1 saturated heterocycles. The molecule has 1 aromatic carbocycles. The summed E-state index contributed by atoms with van der Waals surface area (Å²) in [4.78, 5) is 24.4. The standard InChI is InChI=1S/C12H12ClFN2O3/c13-9-7(2-1-3-8(9)14)10(17)16-5-4-12(15,6-16)11(18)19/h1-3H,4-6,15H2,(H,18,19). The maximum Gasteiger partial charge on any atom is 0.325 e. The van der Waals surface area contributed by atoms with E-state index in [4.69, 9.17) is 22.4 Å². The fraction of sp³-hybridized carbons (Fsp3) is 0.333. The van der Waals surface area contributed by atoms with Gasteiger partial charge in [0.05, 0.1) is 10.6 Å². The summed E-state index contributed by atoms with van der Waals surface area (Å²) >= 11 is 5.73. The molecule has 0 radical (unpaired) electrons. The highest BCUT2D eigenvalue weighted by Gasteiger charge is 2.43. The minimum Gasteiger partial charge on any atom is -0.480 e. The average Bonchev–Trinajstić information content (AvgIpc) is 2.76. The van der Waals surface area contributed by atoms with E-state index in [1.807, 2.05) is 0 Å². The number of carbonyl (C=O) groups is 2. The monoisotopic (exact) mass is 286 g/mol. The van der Waals surface area contributed by atoms with Crippen LogP contribution >= 0.6 is 11.6 Å². The molecule has 1 heterocycles. The van der Waals surface area contributed by atoms with Crippen LogP contribution in [0.5, 0.6) is 0 Å². The Hall–Kier alpha value is -1.66. The molecule has 102 valence electrons. The first-order chi connectivity index (χ1) is 8.85. The van der Waals surface area contributed by atoms with Crippen molar-refractivity contribution >= 4 is 23.5 Å². The van der Waals surface area contributed by atoms with Crippen molar-refractivity contribution in [3.63, 3.8) is 0 Å². The average molecular weight is 287 g/mol. The molecule has 1 unspecified atom stereocenters. The van der Waals surface area contributed by atoms with Crippen molar-refractivity contribution in [2.75, 3.05) is 13.1 Å². The molecule has 3 N–H and O–H groups in total. The molecule has 0 bridgehead atoms. The quantitative estimate of drug-likeness (QED) is 0.853. The second-order valence-electron chi connectivity index (χ2n) is 4.54. The highest BCUT2D eigenvalue weighted by atomic mass is 35.5. The van der Waals surface area contributed by atoms with Gasteiger partial charge >= 0.3 is 5.97 Å². The summed E-state index contributed by atoms with van der Waals surface area (Å²) in [7, 11) is 0. The molecule has 1 amide bonds. The van der Waals surface area contributed by atoms with E-state index in [0.29, 0.717) is 0 Å². The van der Waals surface area contributed by atoms with Crippen molar-refractivity contribution in [3.8, 4) is 0 Å². The summed E-state index contributed by atoms with van der Waals surface area (Å²) in [5.41, 5.74) is 4.24. The summed E-state index contributed by atoms with van der Waals surface area (Å²) in [6, 6.07) is 3.91. The van der Waals surface area contributed by atoms with Crippen LogP contribution in [0, 0.1) is 5.82 Å². The van der Waals surface area contributed by atoms with Gasteiger partial charge in [0.25, 0.3) is 5.91 Å². The van der Waals surface area contributed by atoms with Crippen molar-refractivity contribution in [3.05, 3.63) is 34.6 Å². The number of nitrogens with zero attached hydrogens (tertiary/aromatic N) is 1. The van der Waals surface area contributed by atoms with Crippen LogP contribution < -0.4 is 5.73 Å². The number of hydrogen-bond acceptors (Lipinski definition) is 3. The van der Waals surface area contributed by atoms with Crippen LogP contribution in [-0.2, 0) is 4.79 Å². The Labute approximate surface area is 113 Å². The lowest BCUT2D eigenvalue weighted by Gasteiger charge is -2.20. The molecule has 1 aromatic rings. The zero-order valence-corrected chi connectivity index (χ0v) is 10.7. The largest absolute Gasteiger partial charge is 0.480 e. The van der Waals surface area contributed by atoms with Gasteiger partial charge in [-0.3, -0.25) is 9.59 Å². The van der Waals surface area contributed by atoms with Crippen LogP contribution in [0.3, 0.4) is 0 Å². The van der Waals surface area contributed by atoms with Gasteiger partial charge in [-0.2, -0.15) is 0 Å². The van der Waals surface area contributed by atoms with E-state index < -0.39 is 23.2 Å². The van der Waals surface area contributed by atoms with Gasteiger partial charge in [-0.1, -0.05) is 17.7 Å². The van der Waals surface area contributed by atoms with Crippen molar-refractivity contribution in [1.29, 1.82) is 0 Å². The highest BCUT2D eigenvalue weighted by Crippen LogP contribution is 2.25. The van der Waals surface area contributed by atoms with Gasteiger partial charge in [0.2, 0.25) is 0 Å². The Morgan fingerprint density at radius 2 is 2.16 bits per heavy atom. The molecule has 7 heteroatoms. The van der Waals surface area contributed by atoms with Gasteiger partial charge in [-0.25, -0.2) is 4.39 Å². The zero-order chi connectivity index (χ0) is 14.2. The number of halogens is 2. The molecule has 1 atom stereocenters. The summed E-state index contributed by atoms with van der Waals surface area (Å²) in [5, 5.41) is 8.73. The number of carboxylic acid groups (broad SMARTS) is 1. The number of hydrogen-bond donors (Lipinski definition) is 2. The lowest BCUT2D eigenvalue weighted by atomic mass is 10.0. The number of carbonyl (C=O) groups excluding carboxylic acids is 1. The van der Waals surface area contributed by atoms with Gasteiger partial charge in [-0.15, -0.1) is 0 Å². The molecule has 0 aliphatic carbocycles. The number of rotatable bonds is 2. The molecule has 0 spiro atoms. The van der Waals surface area contributed by atoms with Crippen LogP contribution in [0.2, 0.25) is 5.02 Å². The van der Waals surface area contributed by atoms with Gasteiger partial charge < -0.3 is 15.7 Å². The molecule has 19 heavy (non-hydrogen) atoms. The zero-order valence-electron chi connectivity index (χ0n) is 9.90. The van der Waals surface area contributed by atoms with E-state index in [2.05, 4.69) is 0 Å². The predicted molar refractivity (Wildman–Crippen MR) is 66.5 cm³/mol. The van der Waals surface area contributed by atoms with Crippen LogP contribution in [-0.4, -0.2) is 40.5 Å². The maximum absolute atomic E-state index is 13.3. The summed E-state index contributed by atoms with van der Waals surface area (Å²) in [5.74, 6) is -2.37. The molecular formula is C12H12ClFN2O3. The second-order valence-corrected chi connectivity index (χ2v) is 4.92. The Morgan fingerprint density at radius 1 is 1.47 bits per heavy atom. The fourth-order valence-corrected chi connectivity index (χ4v) is 2.23. The lowest BCUT2D eigenvalue weighted by Crippen LogP contribution is -2.50. The van der Waals surface area contributed by atoms with Crippen LogP contribution in [0.15, 0.2) is 18.2 Å². The predicted octanol–water partition coefficient (Wildman–Crippen LogP) is 1.11. The Morgan fingerprint density at radius 3 is 2.74 bits per heavy atom. The van der Waals surface area contributed by atoms with Crippen LogP contribution in [0.25, 0.3) is 0 Å². The van der Waals surface area contributed by atoms with Crippen molar-refractivity contribution < 1.29 is 19.1 Å². The van der Waals surface area contributed by atoms with E-state index >= 15 is 0 Å². The molecule has 1 aliphatic heterocycles. The van der Waals surface area contributed by atoms with Gasteiger partial charge in [0.1, 0.15) is 11.4 Å². The lowest BCUT2D eigenvalue weighted by molar-refractivity contribution is -0.142. The van der Waals surface area contributed by atoms with E-state index in [1.54, 1.807) is 0 Å². The first kappa shape index (κ1) is 13.8. The van der Waals surface area contributed by atoms with Crippen molar-refractivity contribution in [1.82, 2.24) is 4.90 Å². The number of nitrogens with two attached hydrogens (primary N) is 1. The molecule has 5 nitrogen and oxygen atoms in total. The minimum absolute atomic E-state index is 0.0105. The van der Waals surface area contributed by atoms with Gasteiger partial charge in [0.15, 0.2) is 0 Å². The van der Waals surface area contributed by atoms with E-state index in [9.17, 15) is 14.0 Å². The number of amides is 1. The fourth-order valence-electron chi connectivity index (χ4n) is 2.02. The first-order valence-electron chi connectivity index (χ1n) is 5.61. The van der Waals surface area contributed by atoms with Crippen LogP contribution in [0.1, 0.15) is 16.8 Å².